The largest absolute Gasteiger partial charge is 0.387 e. The van der Waals surface area contributed by atoms with Crippen LogP contribution in [0.1, 0.15) is 22.9 Å². The number of para-hydroxylation sites is 2. The van der Waals surface area contributed by atoms with Crippen molar-refractivity contribution in [2.45, 2.75) is 25.7 Å². The summed E-state index contributed by atoms with van der Waals surface area (Å²) in [6.45, 7) is 0.962. The van der Waals surface area contributed by atoms with E-state index in [4.69, 9.17) is 28.6 Å². The second kappa shape index (κ2) is 9.65. The summed E-state index contributed by atoms with van der Waals surface area (Å²) < 4.78 is 18.4. The molecule has 1 unspecified atom stereocenters. The number of benzene rings is 3. The summed E-state index contributed by atoms with van der Waals surface area (Å²) in [5.41, 5.74) is 4.08. The Balaban J connectivity index is 1.42. The number of aliphatic hydroxyl groups excluding tert-OH is 1. The van der Waals surface area contributed by atoms with Crippen molar-refractivity contribution in [3.8, 4) is 0 Å². The van der Waals surface area contributed by atoms with Gasteiger partial charge in [0.15, 0.2) is 0 Å². The second-order valence-corrected chi connectivity index (χ2v) is 9.05. The van der Waals surface area contributed by atoms with Gasteiger partial charge >= 0.3 is 0 Å². The summed E-state index contributed by atoms with van der Waals surface area (Å²) >= 11 is 12.1. The van der Waals surface area contributed by atoms with Gasteiger partial charge in [-0.3, -0.25) is 5.41 Å². The van der Waals surface area contributed by atoms with Gasteiger partial charge in [-0.15, -0.1) is 5.10 Å². The first-order valence-corrected chi connectivity index (χ1v) is 11.6. The van der Waals surface area contributed by atoms with E-state index in [-0.39, 0.29) is 18.0 Å². The normalized spacial score (nSPS) is 12.3. The molecule has 2 N–H and O–H groups in total. The quantitative estimate of drug-likeness (QED) is 0.330. The van der Waals surface area contributed by atoms with Crippen LogP contribution in [0, 0.1) is 11.2 Å². The Kier molecular flexibility index (Phi) is 6.42. The van der Waals surface area contributed by atoms with Crippen molar-refractivity contribution in [3.63, 3.8) is 0 Å². The van der Waals surface area contributed by atoms with Gasteiger partial charge in [0.05, 0.1) is 53.0 Å². The van der Waals surface area contributed by atoms with Crippen molar-refractivity contribution >= 4 is 34.2 Å². The Hall–Kier alpha value is -3.46. The fourth-order valence-electron chi connectivity index (χ4n) is 4.06. The minimum Gasteiger partial charge on any atom is -0.387 e. The van der Waals surface area contributed by atoms with Gasteiger partial charge in [0.25, 0.3) is 0 Å². The van der Waals surface area contributed by atoms with E-state index in [9.17, 15) is 9.50 Å². The van der Waals surface area contributed by atoms with Gasteiger partial charge in [-0.1, -0.05) is 58.7 Å². The van der Waals surface area contributed by atoms with Gasteiger partial charge in [0.1, 0.15) is 11.5 Å². The van der Waals surface area contributed by atoms with Crippen LogP contribution in [0.25, 0.3) is 11.0 Å². The van der Waals surface area contributed by atoms with Crippen LogP contribution in [0.4, 0.5) is 4.39 Å². The zero-order valence-corrected chi connectivity index (χ0v) is 20.0. The maximum absolute atomic E-state index is 13.2. The van der Waals surface area contributed by atoms with Crippen molar-refractivity contribution in [2.75, 3.05) is 0 Å². The van der Waals surface area contributed by atoms with Crippen LogP contribution in [0.2, 0.25) is 10.0 Å². The number of halogens is 3. The highest BCUT2D eigenvalue weighted by atomic mass is 35.5. The number of fused-ring (bicyclic) bond motifs is 1. The number of hydrogen-bond donors (Lipinski definition) is 2. The maximum Gasteiger partial charge on any atom is 0.203 e. The molecule has 0 saturated heterocycles. The predicted octanol–water partition coefficient (Wildman–Crippen LogP) is 4.79. The Labute approximate surface area is 210 Å². The molecule has 178 valence electrons. The third-order valence-electron chi connectivity index (χ3n) is 5.82. The Morgan fingerprint density at radius 3 is 2.34 bits per heavy atom. The first-order valence-electron chi connectivity index (χ1n) is 10.9. The molecule has 5 aromatic rings. The highest BCUT2D eigenvalue weighted by Gasteiger charge is 2.17. The molecular formula is C25H21Cl2FN6O. The SMILES string of the molecule is N=c1n(Cc2cn(Cc3ccc(F)cc3)nn2)c2ccccc2n1CC(O)c1ccc(Cl)c(Cl)c1. The smallest absolute Gasteiger partial charge is 0.203 e. The van der Waals surface area contributed by atoms with Crippen molar-refractivity contribution in [1.29, 1.82) is 5.41 Å². The minimum atomic E-state index is -0.880. The zero-order valence-electron chi connectivity index (χ0n) is 18.4. The number of nitrogens with one attached hydrogen (secondary N) is 1. The van der Waals surface area contributed by atoms with Crippen LogP contribution in [0.15, 0.2) is 72.9 Å². The van der Waals surface area contributed by atoms with Crippen molar-refractivity contribution in [1.82, 2.24) is 24.1 Å². The third-order valence-corrected chi connectivity index (χ3v) is 6.56. The molecule has 7 nitrogen and oxygen atoms in total. The fourth-order valence-corrected chi connectivity index (χ4v) is 4.37. The van der Waals surface area contributed by atoms with Crippen LogP contribution >= 0.6 is 23.2 Å². The summed E-state index contributed by atoms with van der Waals surface area (Å²) in [5.74, 6) is -0.284. The van der Waals surface area contributed by atoms with Crippen LogP contribution in [0.3, 0.4) is 0 Å². The molecule has 5 rings (SSSR count). The van der Waals surface area contributed by atoms with Crippen molar-refractivity contribution < 1.29 is 9.50 Å². The predicted molar refractivity (Wildman–Crippen MR) is 132 cm³/mol. The summed E-state index contributed by atoms with van der Waals surface area (Å²) in [5, 5.41) is 28.9. The Bertz CT molecular complexity index is 1560. The lowest BCUT2D eigenvalue weighted by Gasteiger charge is -2.13. The lowest BCUT2D eigenvalue weighted by Crippen LogP contribution is -2.27. The number of aliphatic hydroxyl groups is 1. The van der Waals surface area contributed by atoms with Gasteiger partial charge in [-0.25, -0.2) is 9.07 Å². The molecule has 35 heavy (non-hydrogen) atoms. The van der Waals surface area contributed by atoms with Crippen LogP contribution in [-0.2, 0) is 19.6 Å². The molecule has 0 aliphatic carbocycles. The number of imidazole rings is 1. The standard InChI is InChI=1S/C25H21Cl2FN6O/c26-20-10-7-17(11-21(20)27)24(35)15-34-23-4-2-1-3-22(23)33(25(34)29)14-19-13-32(31-30-19)12-16-5-8-18(28)9-6-16/h1-11,13,24,29,35H,12,14-15H2. The lowest BCUT2D eigenvalue weighted by atomic mass is 10.1. The molecule has 10 heteroatoms. The Morgan fingerprint density at radius 2 is 1.63 bits per heavy atom. The average molecular weight is 511 g/mol. The first kappa shape index (κ1) is 23.3. The molecule has 0 fully saturated rings. The number of aromatic nitrogens is 5. The van der Waals surface area contributed by atoms with Crippen molar-refractivity contribution in [3.05, 3.63) is 111 Å². The molecule has 0 spiro atoms. The fraction of sp³-hybridized carbons (Fsp3) is 0.160. The summed E-state index contributed by atoms with van der Waals surface area (Å²) in [4.78, 5) is 0. The molecule has 0 aliphatic heterocycles. The first-order chi connectivity index (χ1) is 16.9. The summed E-state index contributed by atoms with van der Waals surface area (Å²) in [6, 6.07) is 18.9. The van der Waals surface area contributed by atoms with Gasteiger partial charge in [-0.05, 0) is 47.5 Å². The highest BCUT2D eigenvalue weighted by Crippen LogP contribution is 2.27. The highest BCUT2D eigenvalue weighted by molar-refractivity contribution is 6.42. The molecule has 0 bridgehead atoms. The van der Waals surface area contributed by atoms with E-state index in [1.807, 2.05) is 35.0 Å². The zero-order chi connectivity index (χ0) is 24.5. The molecule has 0 amide bonds. The Morgan fingerprint density at radius 1 is 0.914 bits per heavy atom. The molecule has 0 radical (unpaired) electrons. The van der Waals surface area contributed by atoms with E-state index in [1.54, 1.807) is 39.6 Å². The maximum atomic E-state index is 13.2. The van der Waals surface area contributed by atoms with Crippen LogP contribution < -0.4 is 5.62 Å². The topological polar surface area (TPSA) is 84.7 Å². The van der Waals surface area contributed by atoms with Crippen LogP contribution in [-0.4, -0.2) is 29.2 Å². The monoisotopic (exact) mass is 510 g/mol. The number of rotatable bonds is 7. The average Bonchev–Trinajstić information content (AvgIpc) is 3.40. The van der Waals surface area contributed by atoms with Crippen molar-refractivity contribution in [2.24, 2.45) is 0 Å². The minimum absolute atomic E-state index is 0.168. The van der Waals surface area contributed by atoms with Gasteiger partial charge in [0.2, 0.25) is 5.62 Å². The lowest BCUT2D eigenvalue weighted by molar-refractivity contribution is 0.155. The summed E-state index contributed by atoms with van der Waals surface area (Å²) in [6.07, 6.45) is 0.932. The van der Waals surface area contributed by atoms with E-state index in [0.717, 1.165) is 16.6 Å². The molecule has 2 aromatic heterocycles. The molecular weight excluding hydrogens is 490 g/mol. The van der Waals surface area contributed by atoms with E-state index in [2.05, 4.69) is 10.3 Å². The van der Waals surface area contributed by atoms with E-state index < -0.39 is 6.10 Å². The number of nitrogens with zero attached hydrogens (tertiary/aromatic N) is 5. The number of hydrogen-bond acceptors (Lipinski definition) is 4. The van der Waals surface area contributed by atoms with Gasteiger partial charge < -0.3 is 14.2 Å². The second-order valence-electron chi connectivity index (χ2n) is 8.23. The summed E-state index contributed by atoms with van der Waals surface area (Å²) in [7, 11) is 0. The van der Waals surface area contributed by atoms with Crippen LogP contribution in [0.5, 0.6) is 0 Å². The molecule has 2 heterocycles. The molecule has 0 aliphatic rings. The molecule has 0 saturated carbocycles. The third kappa shape index (κ3) is 4.86. The molecule has 3 aromatic carbocycles. The van der Waals surface area contributed by atoms with E-state index >= 15 is 0 Å². The van der Waals surface area contributed by atoms with E-state index in [0.29, 0.717) is 34.4 Å². The molecule has 1 atom stereocenters. The van der Waals surface area contributed by atoms with Gasteiger partial charge in [-0.2, -0.15) is 0 Å². The van der Waals surface area contributed by atoms with Gasteiger partial charge in [0, 0.05) is 0 Å². The van der Waals surface area contributed by atoms with E-state index in [1.165, 1.54) is 12.1 Å².